The van der Waals surface area contributed by atoms with Crippen LogP contribution in [0.1, 0.15) is 52.4 Å². The summed E-state index contributed by atoms with van der Waals surface area (Å²) in [7, 11) is -3.52. The van der Waals surface area contributed by atoms with Crippen LogP contribution in [0.4, 0.5) is 0 Å². The molecule has 3 N–H and O–H groups in total. The normalized spacial score (nSPS) is 19.8. The predicted octanol–water partition coefficient (Wildman–Crippen LogP) is 1.14. The monoisotopic (exact) mass is 276 g/mol. The highest BCUT2D eigenvalue weighted by atomic mass is 32.2. The molecule has 0 heterocycles. The maximum atomic E-state index is 11.8. The Morgan fingerprint density at radius 1 is 1.28 bits per heavy atom. The summed E-state index contributed by atoms with van der Waals surface area (Å²) in [5.74, 6) is -0.420. The van der Waals surface area contributed by atoms with Gasteiger partial charge in [0.1, 0.15) is 0 Å². The summed E-state index contributed by atoms with van der Waals surface area (Å²) in [5, 5.41) is -0.596. The number of sulfonamides is 1. The van der Waals surface area contributed by atoms with Crippen LogP contribution in [0, 0.1) is 5.41 Å². The van der Waals surface area contributed by atoms with E-state index < -0.39 is 21.2 Å². The zero-order chi connectivity index (χ0) is 13.8. The zero-order valence-electron chi connectivity index (χ0n) is 11.2. The molecule has 0 spiro atoms. The highest BCUT2D eigenvalue weighted by molar-refractivity contribution is 7.90. The third-order valence-electron chi connectivity index (χ3n) is 3.76. The van der Waals surface area contributed by atoms with Gasteiger partial charge in [-0.05, 0) is 38.6 Å². The van der Waals surface area contributed by atoms with Gasteiger partial charge in [0, 0.05) is 6.42 Å². The number of hydrogen-bond donors (Lipinski definition) is 2. The van der Waals surface area contributed by atoms with Gasteiger partial charge in [-0.2, -0.15) is 0 Å². The Bertz CT molecular complexity index is 384. The molecule has 18 heavy (non-hydrogen) atoms. The molecule has 1 amide bonds. The van der Waals surface area contributed by atoms with Crippen molar-refractivity contribution in [2.24, 2.45) is 11.1 Å². The second-order valence-electron chi connectivity index (χ2n) is 5.56. The number of nitrogens with one attached hydrogen (secondary N) is 1. The van der Waals surface area contributed by atoms with Crippen molar-refractivity contribution >= 4 is 15.9 Å². The Balaban J connectivity index is 2.63. The van der Waals surface area contributed by atoms with Gasteiger partial charge in [-0.1, -0.05) is 19.3 Å². The summed E-state index contributed by atoms with van der Waals surface area (Å²) < 4.78 is 25.4. The fraction of sp³-hybridized carbons (Fsp3) is 0.917. The van der Waals surface area contributed by atoms with Crippen LogP contribution in [0.5, 0.6) is 0 Å². The summed E-state index contributed by atoms with van der Waals surface area (Å²) in [6.07, 6.45) is 5.36. The van der Waals surface area contributed by atoms with Crippen LogP contribution in [-0.2, 0) is 14.8 Å². The minimum absolute atomic E-state index is 0.200. The van der Waals surface area contributed by atoms with Crippen molar-refractivity contribution in [1.29, 1.82) is 0 Å². The molecule has 0 aromatic heterocycles. The maximum absolute atomic E-state index is 11.8. The maximum Gasteiger partial charge on any atom is 0.237 e. The number of rotatable bonds is 5. The first-order valence-electron chi connectivity index (χ1n) is 6.56. The minimum atomic E-state index is -3.52. The van der Waals surface area contributed by atoms with Crippen LogP contribution in [0.25, 0.3) is 0 Å². The highest BCUT2D eigenvalue weighted by Gasteiger charge is 2.34. The first-order chi connectivity index (χ1) is 8.31. The third-order valence-corrected chi connectivity index (χ3v) is 5.51. The summed E-state index contributed by atoms with van der Waals surface area (Å²) in [5.41, 5.74) is 5.58. The first kappa shape index (κ1) is 15.4. The fourth-order valence-corrected chi connectivity index (χ4v) is 3.03. The molecular formula is C12H24N2O3S. The molecule has 1 saturated carbocycles. The first-order valence-corrected chi connectivity index (χ1v) is 8.10. The SMILES string of the molecule is CC(C)S(=O)(=O)NC(=O)CC1(CN)CCCCC1. The van der Waals surface area contributed by atoms with Gasteiger partial charge in [0.05, 0.1) is 5.25 Å². The largest absolute Gasteiger partial charge is 0.330 e. The van der Waals surface area contributed by atoms with Crippen LogP contribution >= 0.6 is 0 Å². The van der Waals surface area contributed by atoms with Gasteiger partial charge in [-0.25, -0.2) is 8.42 Å². The molecule has 0 radical (unpaired) electrons. The number of nitrogens with two attached hydrogens (primary N) is 1. The van der Waals surface area contributed by atoms with Crippen molar-refractivity contribution in [2.45, 2.75) is 57.6 Å². The van der Waals surface area contributed by atoms with Crippen LogP contribution in [0.15, 0.2) is 0 Å². The van der Waals surface area contributed by atoms with E-state index in [1.54, 1.807) is 13.8 Å². The number of amides is 1. The van der Waals surface area contributed by atoms with Crippen molar-refractivity contribution in [3.05, 3.63) is 0 Å². The zero-order valence-corrected chi connectivity index (χ0v) is 12.1. The lowest BCUT2D eigenvalue weighted by Gasteiger charge is -2.35. The fourth-order valence-electron chi connectivity index (χ4n) is 2.41. The van der Waals surface area contributed by atoms with E-state index in [9.17, 15) is 13.2 Å². The molecule has 6 heteroatoms. The van der Waals surface area contributed by atoms with Gasteiger partial charge < -0.3 is 5.73 Å². The van der Waals surface area contributed by atoms with Gasteiger partial charge in [0.25, 0.3) is 0 Å². The molecule has 0 bridgehead atoms. The van der Waals surface area contributed by atoms with E-state index >= 15 is 0 Å². The Morgan fingerprint density at radius 3 is 2.28 bits per heavy atom. The minimum Gasteiger partial charge on any atom is -0.330 e. The Hall–Kier alpha value is -0.620. The van der Waals surface area contributed by atoms with Gasteiger partial charge in [-0.3, -0.25) is 9.52 Å². The molecule has 1 rings (SSSR count). The van der Waals surface area contributed by atoms with Crippen LogP contribution < -0.4 is 10.5 Å². The van der Waals surface area contributed by atoms with Crippen molar-refractivity contribution in [1.82, 2.24) is 4.72 Å². The quantitative estimate of drug-likeness (QED) is 0.788. The second kappa shape index (κ2) is 6.02. The predicted molar refractivity (Wildman–Crippen MR) is 71.4 cm³/mol. The topological polar surface area (TPSA) is 89.3 Å². The third kappa shape index (κ3) is 3.95. The van der Waals surface area contributed by atoms with E-state index in [1.165, 1.54) is 6.42 Å². The van der Waals surface area contributed by atoms with E-state index in [0.717, 1.165) is 25.7 Å². The van der Waals surface area contributed by atoms with E-state index in [-0.39, 0.29) is 11.8 Å². The van der Waals surface area contributed by atoms with Crippen molar-refractivity contribution in [3.63, 3.8) is 0 Å². The van der Waals surface area contributed by atoms with Crippen molar-refractivity contribution in [2.75, 3.05) is 6.54 Å². The number of hydrogen-bond acceptors (Lipinski definition) is 4. The van der Waals surface area contributed by atoms with Crippen molar-refractivity contribution < 1.29 is 13.2 Å². The summed E-state index contributed by atoms with van der Waals surface area (Å²) in [6.45, 7) is 3.55. The molecule has 0 aliphatic heterocycles. The molecule has 106 valence electrons. The van der Waals surface area contributed by atoms with Crippen LogP contribution in [0.2, 0.25) is 0 Å². The Kier molecular flexibility index (Phi) is 5.16. The Labute approximate surface area is 110 Å². The van der Waals surface area contributed by atoms with E-state index in [2.05, 4.69) is 4.72 Å². The van der Waals surface area contributed by atoms with Gasteiger partial charge in [0.15, 0.2) is 0 Å². The number of carbonyl (C=O) groups excluding carboxylic acids is 1. The van der Waals surface area contributed by atoms with E-state index in [1.807, 2.05) is 0 Å². The molecule has 1 aliphatic carbocycles. The smallest absolute Gasteiger partial charge is 0.237 e. The average Bonchev–Trinajstić information content (AvgIpc) is 2.29. The lowest BCUT2D eigenvalue weighted by molar-refractivity contribution is -0.122. The average molecular weight is 276 g/mol. The van der Waals surface area contributed by atoms with Crippen molar-refractivity contribution in [3.8, 4) is 0 Å². The molecule has 1 fully saturated rings. The van der Waals surface area contributed by atoms with E-state index in [0.29, 0.717) is 6.54 Å². The molecule has 0 aromatic carbocycles. The molecule has 0 unspecified atom stereocenters. The summed E-state index contributed by atoms with van der Waals surface area (Å²) in [6, 6.07) is 0. The molecular weight excluding hydrogens is 252 g/mol. The lowest BCUT2D eigenvalue weighted by Crippen LogP contribution is -2.42. The summed E-state index contributed by atoms with van der Waals surface area (Å²) >= 11 is 0. The standard InChI is InChI=1S/C12H24N2O3S/c1-10(2)18(16,17)14-11(15)8-12(9-13)6-4-3-5-7-12/h10H,3-9,13H2,1-2H3,(H,14,15). The highest BCUT2D eigenvalue weighted by Crippen LogP contribution is 2.38. The lowest BCUT2D eigenvalue weighted by atomic mass is 9.72. The van der Waals surface area contributed by atoms with Crippen LogP contribution in [0.3, 0.4) is 0 Å². The molecule has 0 saturated heterocycles. The van der Waals surface area contributed by atoms with Gasteiger partial charge in [0.2, 0.25) is 15.9 Å². The van der Waals surface area contributed by atoms with Gasteiger partial charge >= 0.3 is 0 Å². The summed E-state index contributed by atoms with van der Waals surface area (Å²) in [4.78, 5) is 11.8. The molecule has 0 aromatic rings. The molecule has 0 atom stereocenters. The van der Waals surface area contributed by atoms with E-state index in [4.69, 9.17) is 5.73 Å². The molecule has 1 aliphatic rings. The second-order valence-corrected chi connectivity index (χ2v) is 7.80. The molecule has 5 nitrogen and oxygen atoms in total. The van der Waals surface area contributed by atoms with Gasteiger partial charge in [-0.15, -0.1) is 0 Å². The Morgan fingerprint density at radius 2 is 1.83 bits per heavy atom. The van der Waals surface area contributed by atoms with Crippen LogP contribution in [-0.4, -0.2) is 26.1 Å². The number of carbonyl (C=O) groups is 1.